The van der Waals surface area contributed by atoms with Crippen molar-refractivity contribution in [2.45, 2.75) is 112 Å². The number of pyridine rings is 1. The van der Waals surface area contributed by atoms with Crippen molar-refractivity contribution in [3.05, 3.63) is 53.2 Å². The van der Waals surface area contributed by atoms with E-state index in [1.807, 2.05) is 0 Å². The smallest absolute Gasteiger partial charge is 0.0734 e. The van der Waals surface area contributed by atoms with Gasteiger partial charge in [-0.05, 0) is 127 Å². The average molecular weight is 512 g/mol. The highest BCUT2D eigenvalue weighted by Gasteiger charge is 2.60. The standard InChI is InChI=1S/C37H53N/c1-24(2)11-10-12-25(3)32-17-18-33-30-16-15-29-21-31-26(4)35(27-13-8-7-9-14-27)38-23-28(31)22-37(29,6)34(30)19-20-36(32,33)5/h7-9,13-14,23-25,29-30,32-34H,10-12,15-22H2,1-6H3/t25-,29+,30-,32?,33+,34+,36-,37+/m1/s1. The number of nitrogens with zero attached hydrogens (tertiary/aromatic N) is 1. The van der Waals surface area contributed by atoms with Crippen molar-refractivity contribution < 1.29 is 0 Å². The quantitative estimate of drug-likeness (QED) is 0.376. The monoisotopic (exact) mass is 511 g/mol. The second-order valence-corrected chi connectivity index (χ2v) is 15.2. The molecule has 38 heavy (non-hydrogen) atoms. The van der Waals surface area contributed by atoms with E-state index in [4.69, 9.17) is 4.98 Å². The molecule has 1 aromatic heterocycles. The highest BCUT2D eigenvalue weighted by Crippen LogP contribution is 2.68. The fraction of sp³-hybridized carbons (Fsp3) is 0.703. The Hall–Kier alpha value is -1.63. The third kappa shape index (κ3) is 4.30. The first-order chi connectivity index (χ1) is 18.2. The van der Waals surface area contributed by atoms with Crippen LogP contribution in [0.1, 0.15) is 109 Å². The molecule has 4 aliphatic rings. The summed E-state index contributed by atoms with van der Waals surface area (Å²) >= 11 is 0. The molecule has 1 unspecified atom stereocenters. The Morgan fingerprint density at radius 1 is 0.895 bits per heavy atom. The van der Waals surface area contributed by atoms with Gasteiger partial charge in [0.15, 0.2) is 0 Å². The van der Waals surface area contributed by atoms with Crippen LogP contribution in [-0.2, 0) is 12.8 Å². The molecule has 0 radical (unpaired) electrons. The lowest BCUT2D eigenvalue weighted by Gasteiger charge is -2.61. The fourth-order valence-electron chi connectivity index (χ4n) is 10.9. The van der Waals surface area contributed by atoms with Gasteiger partial charge in [0.1, 0.15) is 0 Å². The Morgan fingerprint density at radius 3 is 2.42 bits per heavy atom. The van der Waals surface area contributed by atoms with Gasteiger partial charge in [-0.25, -0.2) is 0 Å². The highest BCUT2D eigenvalue weighted by atomic mass is 14.7. The average Bonchev–Trinajstić information content (AvgIpc) is 3.25. The summed E-state index contributed by atoms with van der Waals surface area (Å²) in [5, 5.41) is 0. The minimum atomic E-state index is 0.459. The Morgan fingerprint density at radius 2 is 1.66 bits per heavy atom. The van der Waals surface area contributed by atoms with Gasteiger partial charge in [0.05, 0.1) is 5.69 Å². The number of fused-ring (bicyclic) bond motifs is 6. The van der Waals surface area contributed by atoms with Crippen LogP contribution in [0.25, 0.3) is 11.3 Å². The fourth-order valence-corrected chi connectivity index (χ4v) is 10.9. The molecule has 2 aromatic rings. The lowest BCUT2D eigenvalue weighted by atomic mass is 9.44. The van der Waals surface area contributed by atoms with Crippen molar-refractivity contribution in [1.82, 2.24) is 4.98 Å². The molecule has 0 N–H and O–H groups in total. The molecule has 0 bridgehead atoms. The highest BCUT2D eigenvalue weighted by molar-refractivity contribution is 5.65. The van der Waals surface area contributed by atoms with E-state index >= 15 is 0 Å². The molecule has 206 valence electrons. The van der Waals surface area contributed by atoms with Crippen LogP contribution in [0, 0.1) is 59.2 Å². The van der Waals surface area contributed by atoms with E-state index in [1.165, 1.54) is 87.4 Å². The summed E-state index contributed by atoms with van der Waals surface area (Å²) in [6, 6.07) is 10.8. The summed E-state index contributed by atoms with van der Waals surface area (Å²) in [6.45, 7) is 15.2. The van der Waals surface area contributed by atoms with Crippen LogP contribution >= 0.6 is 0 Å². The summed E-state index contributed by atoms with van der Waals surface area (Å²) in [6.07, 6.45) is 18.0. The maximum absolute atomic E-state index is 5.06. The molecule has 0 aliphatic heterocycles. The van der Waals surface area contributed by atoms with Gasteiger partial charge in [0.25, 0.3) is 0 Å². The van der Waals surface area contributed by atoms with Crippen molar-refractivity contribution >= 4 is 0 Å². The van der Waals surface area contributed by atoms with E-state index in [9.17, 15) is 0 Å². The van der Waals surface area contributed by atoms with Gasteiger partial charge in [-0.1, -0.05) is 84.2 Å². The molecule has 0 saturated heterocycles. The molecule has 4 aliphatic carbocycles. The van der Waals surface area contributed by atoms with E-state index in [0.29, 0.717) is 10.8 Å². The van der Waals surface area contributed by atoms with Crippen LogP contribution < -0.4 is 0 Å². The van der Waals surface area contributed by atoms with Crippen molar-refractivity contribution in [3.8, 4) is 11.3 Å². The van der Waals surface area contributed by atoms with Crippen LogP contribution in [-0.4, -0.2) is 4.98 Å². The molecular formula is C37H53N. The van der Waals surface area contributed by atoms with Crippen molar-refractivity contribution in [3.63, 3.8) is 0 Å². The molecule has 0 spiro atoms. The Labute approximate surface area is 233 Å². The molecule has 1 aromatic carbocycles. The summed E-state index contributed by atoms with van der Waals surface area (Å²) < 4.78 is 0. The third-order valence-electron chi connectivity index (χ3n) is 12.9. The predicted molar refractivity (Wildman–Crippen MR) is 161 cm³/mol. The molecule has 6 rings (SSSR count). The maximum Gasteiger partial charge on any atom is 0.0734 e. The van der Waals surface area contributed by atoms with Crippen LogP contribution in [0.2, 0.25) is 0 Å². The molecular weight excluding hydrogens is 458 g/mol. The van der Waals surface area contributed by atoms with E-state index in [0.717, 1.165) is 41.4 Å². The first-order valence-electron chi connectivity index (χ1n) is 16.2. The molecule has 1 heteroatoms. The van der Waals surface area contributed by atoms with Gasteiger partial charge in [0, 0.05) is 11.8 Å². The lowest BCUT2D eigenvalue weighted by molar-refractivity contribution is -0.103. The second-order valence-electron chi connectivity index (χ2n) is 15.2. The minimum Gasteiger partial charge on any atom is -0.256 e. The zero-order chi connectivity index (χ0) is 26.7. The third-order valence-corrected chi connectivity index (χ3v) is 12.9. The molecule has 1 heterocycles. The maximum atomic E-state index is 5.06. The van der Waals surface area contributed by atoms with Gasteiger partial charge < -0.3 is 0 Å². The molecule has 8 atom stereocenters. The normalized spacial score (nSPS) is 36.8. The van der Waals surface area contributed by atoms with Gasteiger partial charge in [-0.3, -0.25) is 4.98 Å². The molecule has 1 nitrogen and oxygen atoms in total. The number of rotatable bonds is 6. The van der Waals surface area contributed by atoms with E-state index in [-0.39, 0.29) is 0 Å². The van der Waals surface area contributed by atoms with Gasteiger partial charge >= 0.3 is 0 Å². The van der Waals surface area contributed by atoms with Crippen LogP contribution in [0.5, 0.6) is 0 Å². The SMILES string of the molecule is Cc1c(-c2ccccc2)ncc2c1C[C@@H]1CC[C@H]3[C@H](CC[C@]4(C)C([C@H](C)CCCC(C)C)CC[C@@H]34)[C@@]1(C)C2. The van der Waals surface area contributed by atoms with Gasteiger partial charge in [-0.15, -0.1) is 0 Å². The van der Waals surface area contributed by atoms with Crippen molar-refractivity contribution in [2.75, 3.05) is 0 Å². The summed E-state index contributed by atoms with van der Waals surface area (Å²) in [5.41, 5.74) is 8.17. The second kappa shape index (κ2) is 10.1. The Kier molecular flexibility index (Phi) is 7.05. The van der Waals surface area contributed by atoms with E-state index in [2.05, 4.69) is 78.1 Å². The lowest BCUT2D eigenvalue weighted by Crippen LogP contribution is -2.54. The first kappa shape index (κ1) is 26.6. The predicted octanol–water partition coefficient (Wildman–Crippen LogP) is 10.1. The largest absolute Gasteiger partial charge is 0.256 e. The Bertz CT molecular complexity index is 1130. The number of benzene rings is 1. The van der Waals surface area contributed by atoms with E-state index in [1.54, 1.807) is 11.1 Å². The summed E-state index contributed by atoms with van der Waals surface area (Å²) in [5.74, 6) is 6.41. The van der Waals surface area contributed by atoms with Gasteiger partial charge in [0.2, 0.25) is 0 Å². The number of hydrogen-bond donors (Lipinski definition) is 0. The zero-order valence-electron chi connectivity index (χ0n) is 25.2. The number of aromatic nitrogens is 1. The topological polar surface area (TPSA) is 12.9 Å². The molecule has 3 saturated carbocycles. The summed E-state index contributed by atoms with van der Waals surface area (Å²) in [7, 11) is 0. The number of hydrogen-bond acceptors (Lipinski definition) is 1. The molecule has 0 amide bonds. The minimum absolute atomic E-state index is 0.459. The first-order valence-corrected chi connectivity index (χ1v) is 16.2. The van der Waals surface area contributed by atoms with Crippen LogP contribution in [0.3, 0.4) is 0 Å². The zero-order valence-corrected chi connectivity index (χ0v) is 25.2. The summed E-state index contributed by atoms with van der Waals surface area (Å²) in [4.78, 5) is 5.06. The van der Waals surface area contributed by atoms with Gasteiger partial charge in [-0.2, -0.15) is 0 Å². The van der Waals surface area contributed by atoms with Crippen LogP contribution in [0.4, 0.5) is 0 Å². The van der Waals surface area contributed by atoms with E-state index < -0.39 is 0 Å². The van der Waals surface area contributed by atoms with Crippen molar-refractivity contribution in [2.24, 2.45) is 52.3 Å². The van der Waals surface area contributed by atoms with Crippen LogP contribution in [0.15, 0.2) is 36.5 Å². The molecule has 3 fully saturated rings. The Balaban J connectivity index is 1.22. The van der Waals surface area contributed by atoms with Crippen molar-refractivity contribution in [1.29, 1.82) is 0 Å².